The van der Waals surface area contributed by atoms with Gasteiger partial charge in [0.05, 0.1) is 23.4 Å². The second-order valence-corrected chi connectivity index (χ2v) is 7.19. The molecule has 0 spiro atoms. The van der Waals surface area contributed by atoms with Crippen molar-refractivity contribution in [1.29, 1.82) is 0 Å². The molecule has 0 unspecified atom stereocenters. The normalized spacial score (nSPS) is 11.1. The first kappa shape index (κ1) is 18.0. The van der Waals surface area contributed by atoms with Crippen LogP contribution in [0, 0.1) is 6.92 Å². The number of fused-ring (bicyclic) bond motifs is 2. The molecule has 0 radical (unpaired) electrons. The number of amides is 1. The molecule has 0 saturated heterocycles. The first-order valence-corrected chi connectivity index (χ1v) is 9.70. The molecule has 0 saturated carbocycles. The van der Waals surface area contributed by atoms with Gasteiger partial charge in [-0.3, -0.25) is 14.8 Å². The van der Waals surface area contributed by atoms with Gasteiger partial charge in [-0.1, -0.05) is 18.2 Å². The monoisotopic (exact) mass is 393 g/mol. The first-order chi connectivity index (χ1) is 14.7. The summed E-state index contributed by atoms with van der Waals surface area (Å²) in [7, 11) is 0. The second-order valence-electron chi connectivity index (χ2n) is 7.19. The fraction of sp³-hybridized carbons (Fsp3) is 0.0833. The minimum atomic E-state index is -0.137. The van der Waals surface area contributed by atoms with Crippen LogP contribution in [0.15, 0.2) is 79.4 Å². The average Bonchev–Trinajstić information content (AvgIpc) is 3.19. The number of nitrogens with zero attached hydrogens (tertiary/aromatic N) is 4. The van der Waals surface area contributed by atoms with Crippen LogP contribution in [0.4, 0.5) is 0 Å². The third kappa shape index (κ3) is 3.39. The third-order valence-electron chi connectivity index (χ3n) is 5.03. The number of pyridine rings is 3. The molecular formula is C24H19N5O. The number of hydrogen-bond donors (Lipinski definition) is 1. The molecule has 0 aliphatic carbocycles. The average molecular weight is 393 g/mol. The maximum atomic E-state index is 12.6. The Bertz CT molecular complexity index is 1370. The summed E-state index contributed by atoms with van der Waals surface area (Å²) in [5.41, 5.74) is 6.13. The van der Waals surface area contributed by atoms with Crippen molar-refractivity contribution in [3.63, 3.8) is 0 Å². The number of carbonyl (C=O) groups is 1. The van der Waals surface area contributed by atoms with Gasteiger partial charge in [0.15, 0.2) is 0 Å². The number of rotatable bonds is 4. The lowest BCUT2D eigenvalue weighted by molar-refractivity contribution is 0.0950. The minimum absolute atomic E-state index is 0.137. The second kappa shape index (κ2) is 7.40. The molecular weight excluding hydrogens is 374 g/mol. The Morgan fingerprint density at radius 1 is 0.967 bits per heavy atom. The fourth-order valence-electron chi connectivity index (χ4n) is 3.53. The van der Waals surface area contributed by atoms with Gasteiger partial charge in [-0.05, 0) is 48.9 Å². The van der Waals surface area contributed by atoms with Gasteiger partial charge < -0.3 is 9.72 Å². The molecule has 5 rings (SSSR count). The number of hydrogen-bond acceptors (Lipinski definition) is 4. The molecule has 0 bridgehead atoms. The van der Waals surface area contributed by atoms with Gasteiger partial charge in [-0.2, -0.15) is 0 Å². The number of aryl methyl sites for hydroxylation is 1. The maximum absolute atomic E-state index is 12.6. The van der Waals surface area contributed by atoms with Crippen LogP contribution in [-0.4, -0.2) is 25.3 Å². The molecule has 0 fully saturated rings. The molecule has 6 heteroatoms. The van der Waals surface area contributed by atoms with Crippen LogP contribution in [0.5, 0.6) is 0 Å². The Morgan fingerprint density at radius 2 is 1.83 bits per heavy atom. The van der Waals surface area contributed by atoms with Crippen molar-refractivity contribution < 1.29 is 4.79 Å². The van der Waals surface area contributed by atoms with Crippen LogP contribution in [0.3, 0.4) is 0 Å². The Balaban J connectivity index is 1.32. The van der Waals surface area contributed by atoms with Crippen LogP contribution in [0.25, 0.3) is 27.8 Å². The lowest BCUT2D eigenvalue weighted by Gasteiger charge is -2.07. The summed E-state index contributed by atoms with van der Waals surface area (Å²) < 4.78 is 1.97. The summed E-state index contributed by atoms with van der Waals surface area (Å²) in [6.07, 6.45) is 7.47. The van der Waals surface area contributed by atoms with Crippen LogP contribution in [0.2, 0.25) is 0 Å². The van der Waals surface area contributed by atoms with Crippen molar-refractivity contribution in [1.82, 2.24) is 24.7 Å². The van der Waals surface area contributed by atoms with Gasteiger partial charge in [-0.15, -0.1) is 0 Å². The first-order valence-electron chi connectivity index (χ1n) is 9.70. The Labute approximate surface area is 173 Å². The van der Waals surface area contributed by atoms with E-state index in [2.05, 4.69) is 20.3 Å². The van der Waals surface area contributed by atoms with E-state index in [0.29, 0.717) is 12.1 Å². The Hall–Kier alpha value is -4.06. The number of carbonyl (C=O) groups excluding carboxylic acids is 1. The van der Waals surface area contributed by atoms with Gasteiger partial charge in [0, 0.05) is 41.3 Å². The predicted octanol–water partition coefficient (Wildman–Crippen LogP) is 4.18. The lowest BCUT2D eigenvalue weighted by atomic mass is 10.0. The van der Waals surface area contributed by atoms with Gasteiger partial charge in [-0.25, -0.2) is 4.98 Å². The summed E-state index contributed by atoms with van der Waals surface area (Å²) in [5.74, 6) is -0.137. The van der Waals surface area contributed by atoms with E-state index in [1.54, 1.807) is 12.4 Å². The number of imidazole rings is 1. The molecule has 0 aliphatic heterocycles. The minimum Gasteiger partial charge on any atom is -0.346 e. The van der Waals surface area contributed by atoms with Crippen molar-refractivity contribution >= 4 is 22.5 Å². The van der Waals surface area contributed by atoms with E-state index in [1.807, 2.05) is 78.3 Å². The van der Waals surface area contributed by atoms with Gasteiger partial charge >= 0.3 is 0 Å². The molecule has 30 heavy (non-hydrogen) atoms. The van der Waals surface area contributed by atoms with Crippen molar-refractivity contribution in [2.75, 3.05) is 0 Å². The zero-order valence-corrected chi connectivity index (χ0v) is 16.4. The van der Waals surface area contributed by atoms with Crippen LogP contribution < -0.4 is 5.32 Å². The SMILES string of the molecule is Cc1ccc2nc(CNC(=O)c3ccc(-c4nccc5ncccc45)cc3)cn2c1. The van der Waals surface area contributed by atoms with Crippen molar-refractivity contribution in [3.05, 3.63) is 96.2 Å². The quantitative estimate of drug-likeness (QED) is 0.497. The van der Waals surface area contributed by atoms with Gasteiger partial charge in [0.1, 0.15) is 5.65 Å². The van der Waals surface area contributed by atoms with E-state index in [9.17, 15) is 4.79 Å². The molecule has 5 aromatic rings. The molecule has 0 aliphatic rings. The highest BCUT2D eigenvalue weighted by molar-refractivity contribution is 5.96. The summed E-state index contributed by atoms with van der Waals surface area (Å²) in [4.78, 5) is 26.0. The number of benzene rings is 1. The van der Waals surface area contributed by atoms with Crippen molar-refractivity contribution in [2.45, 2.75) is 13.5 Å². The molecule has 146 valence electrons. The van der Waals surface area contributed by atoms with Crippen LogP contribution >= 0.6 is 0 Å². The molecule has 6 nitrogen and oxygen atoms in total. The Kier molecular flexibility index (Phi) is 4.44. The fourth-order valence-corrected chi connectivity index (χ4v) is 3.53. The predicted molar refractivity (Wildman–Crippen MR) is 116 cm³/mol. The maximum Gasteiger partial charge on any atom is 0.251 e. The van der Waals surface area contributed by atoms with E-state index in [1.165, 1.54) is 0 Å². The van der Waals surface area contributed by atoms with Crippen LogP contribution in [0.1, 0.15) is 21.6 Å². The summed E-state index contributed by atoms with van der Waals surface area (Å²) in [5, 5.41) is 3.92. The molecule has 4 heterocycles. The highest BCUT2D eigenvalue weighted by Gasteiger charge is 2.10. The molecule has 0 atom stereocenters. The number of nitrogens with one attached hydrogen (secondary N) is 1. The van der Waals surface area contributed by atoms with Gasteiger partial charge in [0.25, 0.3) is 5.91 Å². The summed E-state index contributed by atoms with van der Waals surface area (Å²) in [6.45, 7) is 2.41. The molecule has 1 aromatic carbocycles. The largest absolute Gasteiger partial charge is 0.346 e. The Morgan fingerprint density at radius 3 is 2.70 bits per heavy atom. The highest BCUT2D eigenvalue weighted by atomic mass is 16.1. The zero-order valence-electron chi connectivity index (χ0n) is 16.4. The smallest absolute Gasteiger partial charge is 0.251 e. The highest BCUT2D eigenvalue weighted by Crippen LogP contribution is 2.25. The van der Waals surface area contributed by atoms with E-state index < -0.39 is 0 Å². The molecule has 4 aromatic heterocycles. The number of aromatic nitrogens is 4. The van der Waals surface area contributed by atoms with E-state index >= 15 is 0 Å². The molecule has 1 amide bonds. The van der Waals surface area contributed by atoms with E-state index in [-0.39, 0.29) is 5.91 Å². The topological polar surface area (TPSA) is 72.2 Å². The summed E-state index contributed by atoms with van der Waals surface area (Å²) >= 11 is 0. The van der Waals surface area contributed by atoms with Crippen molar-refractivity contribution in [2.24, 2.45) is 0 Å². The summed E-state index contributed by atoms with van der Waals surface area (Å²) in [6, 6.07) is 17.2. The van der Waals surface area contributed by atoms with Gasteiger partial charge in [0.2, 0.25) is 0 Å². The molecule has 1 N–H and O–H groups in total. The third-order valence-corrected chi connectivity index (χ3v) is 5.03. The van der Waals surface area contributed by atoms with Crippen LogP contribution in [-0.2, 0) is 6.54 Å². The van der Waals surface area contributed by atoms with E-state index in [0.717, 1.165) is 39.1 Å². The lowest BCUT2D eigenvalue weighted by Crippen LogP contribution is -2.22. The zero-order chi connectivity index (χ0) is 20.5. The standard InChI is InChI=1S/C24H19N5O/c1-16-4-9-22-28-19(15-29(22)14-16)13-27-24(30)18-7-5-17(6-8-18)23-20-3-2-11-25-21(20)10-12-26-23/h2-12,14-15H,13H2,1H3,(H,27,30). The van der Waals surface area contributed by atoms with Crippen molar-refractivity contribution in [3.8, 4) is 11.3 Å². The van der Waals surface area contributed by atoms with E-state index in [4.69, 9.17) is 0 Å².